The molecule has 5 nitrogen and oxygen atoms in total. The number of carbonyl (C=O) groups is 1. The molecule has 19 heavy (non-hydrogen) atoms. The maximum Gasteiger partial charge on any atom is 0.255 e. The summed E-state index contributed by atoms with van der Waals surface area (Å²) in [6.45, 7) is 3.37. The quantitative estimate of drug-likeness (QED) is 0.773. The average Bonchev–Trinajstić information content (AvgIpc) is 2.74. The fraction of sp³-hybridized carbons (Fsp3) is 0.357. The van der Waals surface area contributed by atoms with Crippen LogP contribution in [0.25, 0.3) is 0 Å². The molecule has 0 aromatic carbocycles. The van der Waals surface area contributed by atoms with Crippen molar-refractivity contribution in [1.29, 1.82) is 0 Å². The lowest BCUT2D eigenvalue weighted by Crippen LogP contribution is -2.36. The van der Waals surface area contributed by atoms with E-state index in [1.54, 1.807) is 24.5 Å². The Balaban J connectivity index is 1.86. The van der Waals surface area contributed by atoms with Crippen LogP contribution in [0.2, 0.25) is 0 Å². The van der Waals surface area contributed by atoms with Gasteiger partial charge >= 0.3 is 0 Å². The molecule has 0 spiro atoms. The molecule has 1 aliphatic rings. The SMILES string of the molecule is Cc1nn(C)c2c1CN(C(=O)c1cccnc1)CC2. The smallest absolute Gasteiger partial charge is 0.255 e. The Kier molecular flexibility index (Phi) is 2.81. The minimum atomic E-state index is 0.0435. The van der Waals surface area contributed by atoms with Crippen LogP contribution < -0.4 is 0 Å². The second kappa shape index (κ2) is 4.50. The van der Waals surface area contributed by atoms with Crippen molar-refractivity contribution in [3.63, 3.8) is 0 Å². The third-order valence-electron chi connectivity index (χ3n) is 3.64. The van der Waals surface area contributed by atoms with Gasteiger partial charge in [-0.1, -0.05) is 0 Å². The lowest BCUT2D eigenvalue weighted by atomic mass is 10.0. The molecule has 2 aromatic rings. The largest absolute Gasteiger partial charge is 0.334 e. The Morgan fingerprint density at radius 2 is 2.26 bits per heavy atom. The standard InChI is InChI=1S/C14H16N4O/c1-10-12-9-18(7-5-13(12)17(2)16-10)14(19)11-4-3-6-15-8-11/h3-4,6,8H,5,7,9H2,1-2H3. The number of carbonyl (C=O) groups excluding carboxylic acids is 1. The second-order valence-corrected chi connectivity index (χ2v) is 4.85. The minimum absolute atomic E-state index is 0.0435. The molecular weight excluding hydrogens is 240 g/mol. The van der Waals surface area contributed by atoms with Gasteiger partial charge in [0.1, 0.15) is 0 Å². The number of aryl methyl sites for hydroxylation is 2. The van der Waals surface area contributed by atoms with Gasteiger partial charge in [0.15, 0.2) is 0 Å². The summed E-state index contributed by atoms with van der Waals surface area (Å²) in [6.07, 6.45) is 4.16. The van der Waals surface area contributed by atoms with Crippen LogP contribution >= 0.6 is 0 Å². The zero-order chi connectivity index (χ0) is 13.4. The van der Waals surface area contributed by atoms with Crippen LogP contribution in [-0.4, -0.2) is 32.1 Å². The summed E-state index contributed by atoms with van der Waals surface area (Å²) in [7, 11) is 1.96. The van der Waals surface area contributed by atoms with Crippen LogP contribution in [0.1, 0.15) is 27.3 Å². The van der Waals surface area contributed by atoms with E-state index in [1.807, 2.05) is 23.6 Å². The Labute approximate surface area is 111 Å². The van der Waals surface area contributed by atoms with Crippen molar-refractivity contribution in [2.45, 2.75) is 19.9 Å². The van der Waals surface area contributed by atoms with Crippen molar-refractivity contribution in [1.82, 2.24) is 19.7 Å². The molecular formula is C14H16N4O. The summed E-state index contributed by atoms with van der Waals surface area (Å²) in [5.74, 6) is 0.0435. The first kappa shape index (κ1) is 11.9. The minimum Gasteiger partial charge on any atom is -0.334 e. The number of amides is 1. The molecule has 0 saturated heterocycles. The molecule has 0 fully saturated rings. The first-order chi connectivity index (χ1) is 9.16. The first-order valence-electron chi connectivity index (χ1n) is 6.37. The monoisotopic (exact) mass is 256 g/mol. The van der Waals surface area contributed by atoms with Crippen LogP contribution in [0.15, 0.2) is 24.5 Å². The number of pyridine rings is 1. The molecule has 0 bridgehead atoms. The highest BCUT2D eigenvalue weighted by atomic mass is 16.2. The third kappa shape index (κ3) is 2.01. The Morgan fingerprint density at radius 3 is 3.00 bits per heavy atom. The summed E-state index contributed by atoms with van der Waals surface area (Å²) < 4.78 is 1.93. The highest BCUT2D eigenvalue weighted by molar-refractivity contribution is 5.94. The van der Waals surface area contributed by atoms with Crippen LogP contribution in [0.4, 0.5) is 0 Å². The van der Waals surface area contributed by atoms with Gasteiger partial charge in [-0.2, -0.15) is 5.10 Å². The Hall–Kier alpha value is -2.17. The van der Waals surface area contributed by atoms with Crippen LogP contribution in [0.3, 0.4) is 0 Å². The molecule has 2 aromatic heterocycles. The molecule has 0 radical (unpaired) electrons. The summed E-state index contributed by atoms with van der Waals surface area (Å²) in [5.41, 5.74) is 4.09. The van der Waals surface area contributed by atoms with E-state index in [0.717, 1.165) is 18.7 Å². The molecule has 0 aliphatic carbocycles. The highest BCUT2D eigenvalue weighted by Gasteiger charge is 2.25. The molecule has 3 rings (SSSR count). The normalized spacial score (nSPS) is 14.3. The van der Waals surface area contributed by atoms with Crippen molar-refractivity contribution in [3.05, 3.63) is 47.0 Å². The summed E-state index contributed by atoms with van der Waals surface area (Å²) in [6, 6.07) is 3.60. The second-order valence-electron chi connectivity index (χ2n) is 4.85. The number of hydrogen-bond donors (Lipinski definition) is 0. The lowest BCUT2D eigenvalue weighted by molar-refractivity contribution is 0.0733. The van der Waals surface area contributed by atoms with E-state index in [9.17, 15) is 4.79 Å². The molecule has 0 saturated carbocycles. The molecule has 98 valence electrons. The van der Waals surface area contributed by atoms with Gasteiger partial charge in [0.25, 0.3) is 5.91 Å². The van der Waals surface area contributed by atoms with E-state index in [4.69, 9.17) is 0 Å². The summed E-state index contributed by atoms with van der Waals surface area (Å²) in [4.78, 5) is 18.3. The van der Waals surface area contributed by atoms with Gasteiger partial charge in [-0.15, -0.1) is 0 Å². The summed E-state index contributed by atoms with van der Waals surface area (Å²) in [5, 5.41) is 4.43. The van der Waals surface area contributed by atoms with Gasteiger partial charge < -0.3 is 4.90 Å². The van der Waals surface area contributed by atoms with Gasteiger partial charge in [-0.05, 0) is 19.1 Å². The number of nitrogens with zero attached hydrogens (tertiary/aromatic N) is 4. The number of aromatic nitrogens is 3. The predicted molar refractivity (Wildman–Crippen MR) is 70.6 cm³/mol. The zero-order valence-electron chi connectivity index (χ0n) is 11.1. The fourth-order valence-corrected chi connectivity index (χ4v) is 2.62. The van der Waals surface area contributed by atoms with Crippen molar-refractivity contribution in [2.75, 3.05) is 6.54 Å². The van der Waals surface area contributed by atoms with Crippen molar-refractivity contribution >= 4 is 5.91 Å². The molecule has 0 N–H and O–H groups in total. The molecule has 0 unspecified atom stereocenters. The maximum absolute atomic E-state index is 12.4. The lowest BCUT2D eigenvalue weighted by Gasteiger charge is -2.27. The fourth-order valence-electron chi connectivity index (χ4n) is 2.62. The van der Waals surface area contributed by atoms with E-state index in [1.165, 1.54) is 11.3 Å². The van der Waals surface area contributed by atoms with Gasteiger partial charge in [-0.25, -0.2) is 0 Å². The molecule has 1 amide bonds. The molecule has 0 atom stereocenters. The van der Waals surface area contributed by atoms with Crippen LogP contribution in [0, 0.1) is 6.92 Å². The van der Waals surface area contributed by atoms with E-state index >= 15 is 0 Å². The number of hydrogen-bond acceptors (Lipinski definition) is 3. The zero-order valence-corrected chi connectivity index (χ0v) is 11.1. The van der Waals surface area contributed by atoms with E-state index in [-0.39, 0.29) is 5.91 Å². The third-order valence-corrected chi connectivity index (χ3v) is 3.64. The Bertz CT molecular complexity index is 618. The van der Waals surface area contributed by atoms with Gasteiger partial charge in [0.2, 0.25) is 0 Å². The molecule has 3 heterocycles. The van der Waals surface area contributed by atoms with Crippen LogP contribution in [-0.2, 0) is 20.0 Å². The van der Waals surface area contributed by atoms with E-state index < -0.39 is 0 Å². The highest BCUT2D eigenvalue weighted by Crippen LogP contribution is 2.22. The predicted octanol–water partition coefficient (Wildman–Crippen LogP) is 1.32. The van der Waals surface area contributed by atoms with Gasteiger partial charge in [-0.3, -0.25) is 14.5 Å². The Morgan fingerprint density at radius 1 is 1.42 bits per heavy atom. The van der Waals surface area contributed by atoms with E-state index in [2.05, 4.69) is 10.1 Å². The first-order valence-corrected chi connectivity index (χ1v) is 6.37. The maximum atomic E-state index is 12.4. The van der Waals surface area contributed by atoms with Gasteiger partial charge in [0.05, 0.1) is 11.3 Å². The number of fused-ring (bicyclic) bond motifs is 1. The molecule has 1 aliphatic heterocycles. The number of rotatable bonds is 1. The molecule has 5 heteroatoms. The average molecular weight is 256 g/mol. The van der Waals surface area contributed by atoms with Crippen molar-refractivity contribution in [2.24, 2.45) is 7.05 Å². The van der Waals surface area contributed by atoms with Gasteiger partial charge in [0, 0.05) is 50.2 Å². The van der Waals surface area contributed by atoms with Crippen LogP contribution in [0.5, 0.6) is 0 Å². The van der Waals surface area contributed by atoms with Crippen molar-refractivity contribution < 1.29 is 4.79 Å². The van der Waals surface area contributed by atoms with E-state index in [0.29, 0.717) is 12.1 Å². The summed E-state index contributed by atoms with van der Waals surface area (Å²) >= 11 is 0. The van der Waals surface area contributed by atoms with Crippen molar-refractivity contribution in [3.8, 4) is 0 Å². The topological polar surface area (TPSA) is 51.0 Å².